The van der Waals surface area contributed by atoms with Gasteiger partial charge in [0.1, 0.15) is 6.54 Å². The fraction of sp³-hybridized carbons (Fsp3) is 1.00. The van der Waals surface area contributed by atoms with E-state index in [1.807, 2.05) is 0 Å². The van der Waals surface area contributed by atoms with E-state index < -0.39 is 0 Å². The van der Waals surface area contributed by atoms with Gasteiger partial charge in [0, 0.05) is 0 Å². The van der Waals surface area contributed by atoms with Gasteiger partial charge in [-0.2, -0.15) is 0 Å². The third kappa shape index (κ3) is 19.9. The monoisotopic (exact) mass is 329 g/mol. The number of unbranched alkanes of at least 4 members (excludes halogenated alkanes) is 15. The smallest absolute Gasteiger partial charge is 0.100 e. The van der Waals surface area contributed by atoms with Gasteiger partial charge in [0.25, 0.3) is 0 Å². The molecule has 2 N–H and O–H groups in total. The normalized spacial score (nSPS) is 12.7. The van der Waals surface area contributed by atoms with E-state index in [2.05, 4.69) is 14.0 Å². The van der Waals surface area contributed by atoms with Crippen LogP contribution in [-0.2, 0) is 0 Å². The molecule has 0 radical (unpaired) electrons. The zero-order valence-electron chi connectivity index (χ0n) is 17.4. The minimum absolute atomic E-state index is 0. The Bertz CT molecular complexity index is 214. The summed E-state index contributed by atoms with van der Waals surface area (Å²) in [6.07, 6.45) is 22.9. The van der Waals surface area contributed by atoms with E-state index in [1.165, 1.54) is 114 Å². The average molecular weight is 330 g/mol. The van der Waals surface area contributed by atoms with E-state index in [0.29, 0.717) is 6.61 Å². The zero-order chi connectivity index (χ0) is 17.0. The van der Waals surface area contributed by atoms with Crippen molar-refractivity contribution in [2.75, 3.05) is 26.7 Å². The first-order chi connectivity index (χ1) is 11.3. The van der Waals surface area contributed by atoms with Crippen LogP contribution in [0.25, 0.3) is 0 Å². The fourth-order valence-electron chi connectivity index (χ4n) is 3.29. The predicted molar refractivity (Wildman–Crippen MR) is 104 cm³/mol. The SMILES string of the molecule is CCCCCCCCCCCCCCCCCC[NH+](C)CCO.[H-]. The highest BCUT2D eigenvalue weighted by Gasteiger charge is 1.99. The van der Waals surface area contributed by atoms with Gasteiger partial charge in [0.15, 0.2) is 0 Å². The lowest BCUT2D eigenvalue weighted by atomic mass is 10.0. The summed E-state index contributed by atoms with van der Waals surface area (Å²) in [6, 6.07) is 0. The molecule has 23 heavy (non-hydrogen) atoms. The standard InChI is InChI=1S/C21H45NO.H/c1-3-4-5-6-7-8-9-10-11-12-13-14-15-16-17-18-19-22(2)20-21-23;/h23H,3-21H2,1-2H3;/q;-1/p+1. The van der Waals surface area contributed by atoms with E-state index in [4.69, 9.17) is 5.11 Å². The quantitative estimate of drug-likeness (QED) is 0.325. The van der Waals surface area contributed by atoms with E-state index in [9.17, 15) is 0 Å². The summed E-state index contributed by atoms with van der Waals surface area (Å²) in [6.45, 7) is 4.74. The maximum Gasteiger partial charge on any atom is 0.100 e. The summed E-state index contributed by atoms with van der Waals surface area (Å²) in [5.74, 6) is 0. The minimum atomic E-state index is 0. The van der Waals surface area contributed by atoms with Crippen molar-refractivity contribution in [1.82, 2.24) is 0 Å². The molecule has 0 aromatic rings. The lowest BCUT2D eigenvalue weighted by Crippen LogP contribution is -3.09. The van der Waals surface area contributed by atoms with Gasteiger partial charge in [0.2, 0.25) is 0 Å². The molecule has 0 heterocycles. The Kier molecular flexibility index (Phi) is 19.9. The van der Waals surface area contributed by atoms with Crippen LogP contribution in [0.15, 0.2) is 0 Å². The highest BCUT2D eigenvalue weighted by molar-refractivity contribution is 4.49. The second-order valence-electron chi connectivity index (χ2n) is 7.48. The van der Waals surface area contributed by atoms with Gasteiger partial charge in [-0.15, -0.1) is 0 Å². The van der Waals surface area contributed by atoms with Crippen molar-refractivity contribution < 1.29 is 11.4 Å². The molecule has 142 valence electrons. The molecule has 2 nitrogen and oxygen atoms in total. The molecule has 0 rings (SSSR count). The van der Waals surface area contributed by atoms with Gasteiger partial charge in [-0.25, -0.2) is 0 Å². The Labute approximate surface area is 148 Å². The predicted octanol–water partition coefficient (Wildman–Crippen LogP) is 4.87. The Morgan fingerprint density at radius 1 is 0.565 bits per heavy atom. The zero-order valence-corrected chi connectivity index (χ0v) is 16.4. The van der Waals surface area contributed by atoms with Crippen LogP contribution >= 0.6 is 0 Å². The molecule has 0 saturated heterocycles. The number of quaternary nitrogens is 1. The van der Waals surface area contributed by atoms with Crippen LogP contribution in [0.1, 0.15) is 111 Å². The van der Waals surface area contributed by atoms with Crippen molar-refractivity contribution in [2.45, 2.75) is 110 Å². The van der Waals surface area contributed by atoms with Crippen LogP contribution in [0.2, 0.25) is 0 Å². The molecule has 0 saturated carbocycles. The summed E-state index contributed by atoms with van der Waals surface area (Å²) in [5, 5.41) is 8.85. The molecular weight excluding hydrogens is 282 g/mol. The number of hydrogen-bond acceptors (Lipinski definition) is 1. The van der Waals surface area contributed by atoms with Crippen molar-refractivity contribution in [2.24, 2.45) is 0 Å². The topological polar surface area (TPSA) is 24.7 Å². The van der Waals surface area contributed by atoms with Crippen molar-refractivity contribution in [3.05, 3.63) is 0 Å². The average Bonchev–Trinajstić information content (AvgIpc) is 2.54. The first-order valence-corrected chi connectivity index (χ1v) is 10.7. The first-order valence-electron chi connectivity index (χ1n) is 10.7. The van der Waals surface area contributed by atoms with Gasteiger partial charge in [-0.3, -0.25) is 0 Å². The van der Waals surface area contributed by atoms with E-state index in [-0.39, 0.29) is 1.43 Å². The number of likely N-dealkylation sites (N-methyl/N-ethyl adjacent to an activating group) is 1. The van der Waals surface area contributed by atoms with Gasteiger partial charge in [-0.05, 0) is 12.8 Å². The van der Waals surface area contributed by atoms with Gasteiger partial charge < -0.3 is 11.4 Å². The Balaban J connectivity index is 0. The molecule has 0 aliphatic carbocycles. The molecule has 2 heteroatoms. The van der Waals surface area contributed by atoms with Crippen LogP contribution < -0.4 is 4.90 Å². The molecule has 1 atom stereocenters. The van der Waals surface area contributed by atoms with Crippen LogP contribution in [-0.4, -0.2) is 31.9 Å². The maximum atomic E-state index is 8.85. The number of aliphatic hydroxyl groups is 1. The van der Waals surface area contributed by atoms with Crippen LogP contribution in [0.4, 0.5) is 0 Å². The largest absolute Gasteiger partial charge is 1.00 e. The van der Waals surface area contributed by atoms with E-state index >= 15 is 0 Å². The summed E-state index contributed by atoms with van der Waals surface area (Å²) in [7, 11) is 2.18. The Hall–Kier alpha value is -0.0800. The Morgan fingerprint density at radius 3 is 1.26 bits per heavy atom. The lowest BCUT2D eigenvalue weighted by Gasteiger charge is -2.11. The van der Waals surface area contributed by atoms with Gasteiger partial charge in [-0.1, -0.05) is 96.8 Å². The number of rotatable bonds is 19. The van der Waals surface area contributed by atoms with E-state index in [1.54, 1.807) is 0 Å². The van der Waals surface area contributed by atoms with Crippen molar-refractivity contribution >= 4 is 0 Å². The summed E-state index contributed by atoms with van der Waals surface area (Å²) in [5.41, 5.74) is 0. The van der Waals surface area contributed by atoms with Crippen LogP contribution in [0, 0.1) is 0 Å². The first kappa shape index (κ1) is 22.9. The molecule has 0 amide bonds. The minimum Gasteiger partial charge on any atom is -1.00 e. The van der Waals surface area contributed by atoms with E-state index in [0.717, 1.165) is 6.54 Å². The van der Waals surface area contributed by atoms with Gasteiger partial charge in [0.05, 0.1) is 20.2 Å². The fourth-order valence-corrected chi connectivity index (χ4v) is 3.29. The molecule has 1 unspecified atom stereocenters. The highest BCUT2D eigenvalue weighted by Crippen LogP contribution is 2.13. The molecule has 0 aromatic carbocycles. The number of aliphatic hydroxyl groups excluding tert-OH is 1. The molecule has 0 aliphatic heterocycles. The number of hydrogen-bond donors (Lipinski definition) is 2. The van der Waals surface area contributed by atoms with Crippen LogP contribution in [0.3, 0.4) is 0 Å². The second-order valence-corrected chi connectivity index (χ2v) is 7.48. The second kappa shape index (κ2) is 20.0. The summed E-state index contributed by atoms with van der Waals surface area (Å²) in [4.78, 5) is 1.47. The van der Waals surface area contributed by atoms with Crippen LogP contribution in [0.5, 0.6) is 0 Å². The Morgan fingerprint density at radius 2 is 0.913 bits per heavy atom. The lowest BCUT2D eigenvalue weighted by molar-refractivity contribution is -0.880. The molecule has 0 fully saturated rings. The highest BCUT2D eigenvalue weighted by atomic mass is 16.3. The third-order valence-corrected chi connectivity index (χ3v) is 5.00. The molecule has 0 bridgehead atoms. The van der Waals surface area contributed by atoms with Crippen molar-refractivity contribution in [1.29, 1.82) is 0 Å². The third-order valence-electron chi connectivity index (χ3n) is 5.00. The maximum absolute atomic E-state index is 8.85. The van der Waals surface area contributed by atoms with Crippen molar-refractivity contribution in [3.8, 4) is 0 Å². The van der Waals surface area contributed by atoms with Gasteiger partial charge >= 0.3 is 0 Å². The molecule has 0 spiro atoms. The molecular formula is C21H47NO. The molecule has 0 aliphatic rings. The summed E-state index contributed by atoms with van der Waals surface area (Å²) < 4.78 is 0. The van der Waals surface area contributed by atoms with Crippen molar-refractivity contribution in [3.63, 3.8) is 0 Å². The number of nitrogens with one attached hydrogen (secondary N) is 1. The molecule has 0 aromatic heterocycles. The summed E-state index contributed by atoms with van der Waals surface area (Å²) >= 11 is 0.